The maximum absolute atomic E-state index is 13.5. The minimum atomic E-state index is -0.571. The van der Waals surface area contributed by atoms with Crippen LogP contribution in [-0.2, 0) is 4.74 Å². The lowest BCUT2D eigenvalue weighted by Crippen LogP contribution is -2.44. The molecule has 0 aliphatic rings. The summed E-state index contributed by atoms with van der Waals surface area (Å²) >= 11 is 0. The smallest absolute Gasteiger partial charge is 0.407 e. The van der Waals surface area contributed by atoms with Crippen molar-refractivity contribution < 1.29 is 18.7 Å². The number of nitrogens with one attached hydrogen (secondary N) is 2. The molecule has 0 aliphatic carbocycles. The third-order valence-corrected chi connectivity index (χ3v) is 2.98. The highest BCUT2D eigenvalue weighted by Crippen LogP contribution is 2.07. The third-order valence-electron chi connectivity index (χ3n) is 2.98. The quantitative estimate of drug-likeness (QED) is 0.813. The first-order valence-electron chi connectivity index (χ1n) is 7.40. The van der Waals surface area contributed by atoms with Gasteiger partial charge in [-0.15, -0.1) is 0 Å². The number of carbonyl (C=O) groups is 2. The molecule has 0 fully saturated rings. The van der Waals surface area contributed by atoms with Crippen LogP contribution >= 0.6 is 0 Å². The van der Waals surface area contributed by atoms with E-state index in [9.17, 15) is 14.0 Å². The van der Waals surface area contributed by atoms with Crippen LogP contribution in [0, 0.1) is 11.7 Å². The van der Waals surface area contributed by atoms with Gasteiger partial charge in [-0.3, -0.25) is 4.79 Å². The molecule has 2 amide bonds. The van der Waals surface area contributed by atoms with Crippen molar-refractivity contribution in [2.24, 2.45) is 5.92 Å². The molecule has 0 bridgehead atoms. The fourth-order valence-corrected chi connectivity index (χ4v) is 2.06. The van der Waals surface area contributed by atoms with E-state index >= 15 is 0 Å². The van der Waals surface area contributed by atoms with Gasteiger partial charge in [-0.25, -0.2) is 9.18 Å². The van der Waals surface area contributed by atoms with Crippen molar-refractivity contribution >= 4 is 12.0 Å². The molecule has 0 heterocycles. The van der Waals surface area contributed by atoms with Crippen LogP contribution in [0.25, 0.3) is 0 Å². The molecule has 1 aromatic carbocycles. The van der Waals surface area contributed by atoms with Gasteiger partial charge < -0.3 is 15.4 Å². The zero-order valence-corrected chi connectivity index (χ0v) is 13.2. The number of halogens is 1. The van der Waals surface area contributed by atoms with Crippen LogP contribution in [0.5, 0.6) is 0 Å². The lowest BCUT2D eigenvalue weighted by molar-refractivity contribution is 0.0940. The standard InChI is InChI=1S/C16H23FN2O3/c1-4-22-16(21)19-12(9-11(2)3)10-18-15(20)13-7-5-6-8-14(13)17/h5-8,11-12H,4,9-10H2,1-3H3,(H,18,20)(H,19,21)/t12-/m0/s1. The van der Waals surface area contributed by atoms with Crippen LogP contribution in [0.1, 0.15) is 37.6 Å². The van der Waals surface area contributed by atoms with Crippen molar-refractivity contribution in [1.82, 2.24) is 10.6 Å². The van der Waals surface area contributed by atoms with Gasteiger partial charge in [0.1, 0.15) is 5.82 Å². The van der Waals surface area contributed by atoms with E-state index in [-0.39, 0.29) is 24.8 Å². The molecule has 0 unspecified atom stereocenters. The van der Waals surface area contributed by atoms with E-state index < -0.39 is 17.8 Å². The Bertz CT molecular complexity index is 506. The zero-order valence-electron chi connectivity index (χ0n) is 13.2. The molecule has 1 rings (SSSR count). The van der Waals surface area contributed by atoms with Gasteiger partial charge in [-0.05, 0) is 31.4 Å². The first-order chi connectivity index (χ1) is 10.4. The Hall–Kier alpha value is -2.11. The number of benzene rings is 1. The minimum absolute atomic E-state index is 0.0121. The maximum atomic E-state index is 13.5. The zero-order chi connectivity index (χ0) is 16.5. The van der Waals surface area contributed by atoms with E-state index in [1.807, 2.05) is 13.8 Å². The monoisotopic (exact) mass is 310 g/mol. The summed E-state index contributed by atoms with van der Waals surface area (Å²) in [5.74, 6) is -0.742. The Morgan fingerprint density at radius 3 is 2.55 bits per heavy atom. The van der Waals surface area contributed by atoms with Crippen LogP contribution in [0.2, 0.25) is 0 Å². The van der Waals surface area contributed by atoms with Gasteiger partial charge in [-0.1, -0.05) is 26.0 Å². The van der Waals surface area contributed by atoms with Crippen LogP contribution in [0.4, 0.5) is 9.18 Å². The fourth-order valence-electron chi connectivity index (χ4n) is 2.06. The van der Waals surface area contributed by atoms with Gasteiger partial charge >= 0.3 is 6.09 Å². The number of rotatable bonds is 7. The van der Waals surface area contributed by atoms with Crippen molar-refractivity contribution in [3.05, 3.63) is 35.6 Å². The average molecular weight is 310 g/mol. The van der Waals surface area contributed by atoms with E-state index in [4.69, 9.17) is 4.74 Å². The SMILES string of the molecule is CCOC(=O)N[C@H](CNC(=O)c1ccccc1F)CC(C)C. The van der Waals surface area contributed by atoms with E-state index in [1.165, 1.54) is 18.2 Å². The molecule has 1 atom stereocenters. The molecule has 5 nitrogen and oxygen atoms in total. The van der Waals surface area contributed by atoms with Crippen LogP contribution in [0.15, 0.2) is 24.3 Å². The molecule has 0 aliphatic heterocycles. The molecule has 6 heteroatoms. The molecule has 0 spiro atoms. The van der Waals surface area contributed by atoms with Gasteiger partial charge in [0.2, 0.25) is 0 Å². The highest BCUT2D eigenvalue weighted by atomic mass is 19.1. The molecular weight excluding hydrogens is 287 g/mol. The largest absolute Gasteiger partial charge is 0.450 e. The molecule has 0 saturated heterocycles. The second-order valence-corrected chi connectivity index (χ2v) is 5.38. The van der Waals surface area contributed by atoms with E-state index in [1.54, 1.807) is 13.0 Å². The summed E-state index contributed by atoms with van der Waals surface area (Å²) < 4.78 is 18.4. The maximum Gasteiger partial charge on any atom is 0.407 e. The predicted octanol–water partition coefficient (Wildman–Crippen LogP) is 2.72. The first kappa shape index (κ1) is 17.9. The van der Waals surface area contributed by atoms with Gasteiger partial charge in [0, 0.05) is 12.6 Å². The van der Waals surface area contributed by atoms with Crippen molar-refractivity contribution in [3.63, 3.8) is 0 Å². The Labute approximate surface area is 130 Å². The van der Waals surface area contributed by atoms with Crippen molar-refractivity contribution in [1.29, 1.82) is 0 Å². The van der Waals surface area contributed by atoms with E-state index in [0.717, 1.165) is 0 Å². The number of carbonyl (C=O) groups excluding carboxylic acids is 2. The van der Waals surface area contributed by atoms with E-state index in [0.29, 0.717) is 12.3 Å². The summed E-state index contributed by atoms with van der Waals surface area (Å²) in [7, 11) is 0. The van der Waals surface area contributed by atoms with Crippen molar-refractivity contribution in [3.8, 4) is 0 Å². The molecule has 2 N–H and O–H groups in total. The minimum Gasteiger partial charge on any atom is -0.450 e. The molecule has 0 saturated carbocycles. The highest BCUT2D eigenvalue weighted by molar-refractivity contribution is 5.94. The van der Waals surface area contributed by atoms with Gasteiger partial charge in [-0.2, -0.15) is 0 Å². The van der Waals surface area contributed by atoms with Crippen molar-refractivity contribution in [2.75, 3.05) is 13.2 Å². The molecule has 0 aromatic heterocycles. The molecule has 1 aromatic rings. The van der Waals surface area contributed by atoms with Crippen LogP contribution in [0.3, 0.4) is 0 Å². The Morgan fingerprint density at radius 1 is 1.27 bits per heavy atom. The molecule has 0 radical (unpaired) electrons. The van der Waals surface area contributed by atoms with Gasteiger partial charge in [0.15, 0.2) is 0 Å². The van der Waals surface area contributed by atoms with Crippen molar-refractivity contribution in [2.45, 2.75) is 33.2 Å². The predicted molar refractivity (Wildman–Crippen MR) is 82.1 cm³/mol. The average Bonchev–Trinajstić information content (AvgIpc) is 2.44. The third kappa shape index (κ3) is 6.11. The normalized spacial score (nSPS) is 11.9. The van der Waals surface area contributed by atoms with Gasteiger partial charge in [0.25, 0.3) is 5.91 Å². The van der Waals surface area contributed by atoms with Crippen LogP contribution < -0.4 is 10.6 Å². The topological polar surface area (TPSA) is 67.4 Å². The molecular formula is C16H23FN2O3. The summed E-state index contributed by atoms with van der Waals surface area (Å²) in [4.78, 5) is 23.5. The summed E-state index contributed by atoms with van der Waals surface area (Å²) in [6.45, 7) is 6.24. The Balaban J connectivity index is 2.60. The number of ether oxygens (including phenoxy) is 1. The summed E-state index contributed by atoms with van der Waals surface area (Å²) in [5.41, 5.74) is -0.0121. The van der Waals surface area contributed by atoms with E-state index in [2.05, 4.69) is 10.6 Å². The fraction of sp³-hybridized carbons (Fsp3) is 0.500. The second kappa shape index (κ2) is 9.02. The lowest BCUT2D eigenvalue weighted by Gasteiger charge is -2.20. The summed E-state index contributed by atoms with van der Waals surface area (Å²) in [6.07, 6.45) is 0.157. The lowest BCUT2D eigenvalue weighted by atomic mass is 10.0. The molecule has 122 valence electrons. The van der Waals surface area contributed by atoms with Gasteiger partial charge in [0.05, 0.1) is 12.2 Å². The van der Waals surface area contributed by atoms with Crippen LogP contribution in [-0.4, -0.2) is 31.2 Å². The number of hydrogen-bond donors (Lipinski definition) is 2. The Kier molecular flexibility index (Phi) is 7.36. The highest BCUT2D eigenvalue weighted by Gasteiger charge is 2.17. The number of amides is 2. The number of alkyl carbamates (subject to hydrolysis) is 1. The second-order valence-electron chi connectivity index (χ2n) is 5.38. The summed E-state index contributed by atoms with van der Waals surface area (Å²) in [6, 6.07) is 5.50. The first-order valence-corrected chi connectivity index (χ1v) is 7.40. The Morgan fingerprint density at radius 2 is 1.95 bits per heavy atom. The number of hydrogen-bond acceptors (Lipinski definition) is 3. The molecule has 22 heavy (non-hydrogen) atoms. The summed E-state index contributed by atoms with van der Waals surface area (Å²) in [5, 5.41) is 5.34.